The highest BCUT2D eigenvalue weighted by molar-refractivity contribution is 7.99. The minimum atomic E-state index is -3.66. The van der Waals surface area contributed by atoms with Crippen LogP contribution in [-0.2, 0) is 10.0 Å². The van der Waals surface area contributed by atoms with Crippen LogP contribution in [0.4, 0.5) is 0 Å². The Morgan fingerprint density at radius 1 is 1.37 bits per heavy atom. The predicted octanol–water partition coefficient (Wildman–Crippen LogP) is 0.419. The van der Waals surface area contributed by atoms with Gasteiger partial charge in [0.2, 0.25) is 5.09 Å². The molecule has 1 aromatic heterocycles. The number of rotatable bonds is 6. The number of carbonyl (C=O) groups excluding carboxylic acids is 1. The first kappa shape index (κ1) is 14.6. The highest BCUT2D eigenvalue weighted by Crippen LogP contribution is 2.12. The van der Waals surface area contributed by atoms with E-state index in [1.807, 2.05) is 11.8 Å². The smallest absolute Gasteiger partial charge is 0.274 e. The molecule has 6 nitrogen and oxygen atoms in total. The molecule has 1 N–H and O–H groups in total. The zero-order valence-corrected chi connectivity index (χ0v) is 12.0. The number of hydrogen-bond donors (Lipinski definition) is 1. The summed E-state index contributed by atoms with van der Waals surface area (Å²) in [6, 6.07) is 2.62. The summed E-state index contributed by atoms with van der Waals surface area (Å²) in [5.74, 6) is 2.19. The molecule has 1 aliphatic heterocycles. The van der Waals surface area contributed by atoms with Crippen molar-refractivity contribution in [2.45, 2.75) is 5.09 Å². The van der Waals surface area contributed by atoms with E-state index in [9.17, 15) is 13.2 Å². The molecule has 2 rings (SSSR count). The van der Waals surface area contributed by atoms with E-state index in [0.717, 1.165) is 24.6 Å². The number of sulfonamides is 1. The van der Waals surface area contributed by atoms with Gasteiger partial charge in [-0.25, -0.2) is 13.1 Å². The maximum atomic E-state index is 11.9. The highest BCUT2D eigenvalue weighted by atomic mass is 32.2. The minimum absolute atomic E-state index is 0.00781. The van der Waals surface area contributed by atoms with Gasteiger partial charge in [0.1, 0.15) is 0 Å². The lowest BCUT2D eigenvalue weighted by atomic mass is 10.5. The Morgan fingerprint density at radius 3 is 2.74 bits per heavy atom. The molecule has 1 fully saturated rings. The molecule has 0 bridgehead atoms. The fourth-order valence-corrected chi connectivity index (χ4v) is 3.71. The van der Waals surface area contributed by atoms with Crippen molar-refractivity contribution in [1.82, 2.24) is 9.62 Å². The molecule has 0 aromatic carbocycles. The van der Waals surface area contributed by atoms with Crippen LogP contribution in [0.1, 0.15) is 10.6 Å². The van der Waals surface area contributed by atoms with Crippen molar-refractivity contribution in [3.05, 3.63) is 17.9 Å². The molecule has 0 unspecified atom stereocenters. The molecule has 0 aliphatic carbocycles. The fourth-order valence-electron chi connectivity index (χ4n) is 1.78. The molecule has 0 saturated carbocycles. The fraction of sp³-hybridized carbons (Fsp3) is 0.545. The van der Waals surface area contributed by atoms with Crippen molar-refractivity contribution in [2.24, 2.45) is 0 Å². The van der Waals surface area contributed by atoms with Gasteiger partial charge in [0.05, 0.1) is 0 Å². The summed E-state index contributed by atoms with van der Waals surface area (Å²) in [4.78, 5) is 12.7. The van der Waals surface area contributed by atoms with Crippen LogP contribution in [0.5, 0.6) is 0 Å². The Bertz CT molecular complexity index is 521. The number of aldehydes is 1. The molecule has 0 radical (unpaired) electrons. The van der Waals surface area contributed by atoms with Gasteiger partial charge in [-0.15, -0.1) is 0 Å². The third kappa shape index (κ3) is 4.07. The second kappa shape index (κ2) is 6.56. The lowest BCUT2D eigenvalue weighted by molar-refractivity contribution is 0.109. The van der Waals surface area contributed by atoms with Gasteiger partial charge in [0.15, 0.2) is 12.0 Å². The van der Waals surface area contributed by atoms with Gasteiger partial charge in [-0.1, -0.05) is 0 Å². The summed E-state index contributed by atoms with van der Waals surface area (Å²) in [6.07, 6.45) is 0.477. The normalized spacial score (nSPS) is 17.5. The monoisotopic (exact) mass is 304 g/mol. The van der Waals surface area contributed by atoms with Crippen molar-refractivity contribution >= 4 is 28.1 Å². The van der Waals surface area contributed by atoms with Gasteiger partial charge in [0, 0.05) is 37.7 Å². The average Bonchev–Trinajstić information content (AvgIpc) is 2.89. The molecule has 0 atom stereocenters. The van der Waals surface area contributed by atoms with E-state index in [-0.39, 0.29) is 10.9 Å². The van der Waals surface area contributed by atoms with Gasteiger partial charge >= 0.3 is 0 Å². The van der Waals surface area contributed by atoms with E-state index >= 15 is 0 Å². The van der Waals surface area contributed by atoms with Crippen LogP contribution < -0.4 is 4.72 Å². The van der Waals surface area contributed by atoms with Crippen LogP contribution in [0.2, 0.25) is 0 Å². The first-order valence-electron chi connectivity index (χ1n) is 5.96. The van der Waals surface area contributed by atoms with Crippen molar-refractivity contribution in [3.8, 4) is 0 Å². The lowest BCUT2D eigenvalue weighted by Gasteiger charge is -2.25. The topological polar surface area (TPSA) is 79.6 Å². The van der Waals surface area contributed by atoms with Gasteiger partial charge in [-0.2, -0.15) is 11.8 Å². The Balaban J connectivity index is 1.85. The Hall–Kier alpha value is -0.830. The number of thioether (sulfide) groups is 1. The van der Waals surface area contributed by atoms with E-state index in [1.165, 1.54) is 12.1 Å². The zero-order chi connectivity index (χ0) is 13.7. The average molecular weight is 304 g/mol. The molecule has 0 spiro atoms. The lowest BCUT2D eigenvalue weighted by Crippen LogP contribution is -2.39. The third-order valence-corrected chi connectivity index (χ3v) is 5.08. The number of carbonyl (C=O) groups is 1. The minimum Gasteiger partial charge on any atom is -0.440 e. The maximum Gasteiger partial charge on any atom is 0.274 e. The van der Waals surface area contributed by atoms with Gasteiger partial charge < -0.3 is 9.32 Å². The van der Waals surface area contributed by atoms with Crippen molar-refractivity contribution in [1.29, 1.82) is 0 Å². The maximum absolute atomic E-state index is 11.9. The number of furan rings is 1. The summed E-state index contributed by atoms with van der Waals surface area (Å²) in [7, 11) is -3.66. The standard InChI is InChI=1S/C11H16N2O4S2/c14-9-10-1-2-11(17-10)19(15,16)12-3-4-13-5-7-18-8-6-13/h1-2,9,12H,3-8H2. The molecular formula is C11H16N2O4S2. The van der Waals surface area contributed by atoms with E-state index < -0.39 is 10.0 Å². The van der Waals surface area contributed by atoms with Crippen molar-refractivity contribution in [3.63, 3.8) is 0 Å². The van der Waals surface area contributed by atoms with Crippen molar-refractivity contribution in [2.75, 3.05) is 37.7 Å². The Kier molecular flexibility index (Phi) is 5.03. The van der Waals surface area contributed by atoms with Crippen LogP contribution in [-0.4, -0.2) is 57.3 Å². The highest BCUT2D eigenvalue weighted by Gasteiger charge is 2.19. The quantitative estimate of drug-likeness (QED) is 0.767. The molecule has 1 aromatic rings. The van der Waals surface area contributed by atoms with Gasteiger partial charge in [-0.05, 0) is 12.1 Å². The summed E-state index contributed by atoms with van der Waals surface area (Å²) >= 11 is 1.91. The van der Waals surface area contributed by atoms with Crippen LogP contribution in [0.3, 0.4) is 0 Å². The van der Waals surface area contributed by atoms with Crippen molar-refractivity contribution < 1.29 is 17.6 Å². The predicted molar refractivity (Wildman–Crippen MR) is 73.0 cm³/mol. The second-order valence-corrected chi connectivity index (χ2v) is 7.05. The first-order chi connectivity index (χ1) is 9.12. The SMILES string of the molecule is O=Cc1ccc(S(=O)(=O)NCCN2CCSCC2)o1. The molecule has 1 aliphatic rings. The van der Waals surface area contributed by atoms with E-state index in [0.29, 0.717) is 19.4 Å². The molecule has 2 heterocycles. The first-order valence-corrected chi connectivity index (χ1v) is 8.60. The zero-order valence-electron chi connectivity index (χ0n) is 10.4. The van der Waals surface area contributed by atoms with Gasteiger partial charge in [-0.3, -0.25) is 4.79 Å². The molecule has 19 heavy (non-hydrogen) atoms. The van der Waals surface area contributed by atoms with E-state index in [4.69, 9.17) is 4.42 Å². The summed E-state index contributed by atoms with van der Waals surface area (Å²) < 4.78 is 31.1. The Labute approximate surface area is 116 Å². The molecule has 1 saturated heterocycles. The van der Waals surface area contributed by atoms with Crippen LogP contribution in [0.25, 0.3) is 0 Å². The third-order valence-electron chi connectivity index (χ3n) is 2.81. The Morgan fingerprint density at radius 2 is 2.11 bits per heavy atom. The van der Waals surface area contributed by atoms with Gasteiger partial charge in [0.25, 0.3) is 10.0 Å². The summed E-state index contributed by atoms with van der Waals surface area (Å²) in [6.45, 7) is 3.00. The molecule has 0 amide bonds. The number of nitrogens with zero attached hydrogens (tertiary/aromatic N) is 1. The van der Waals surface area contributed by atoms with Crippen LogP contribution >= 0.6 is 11.8 Å². The number of nitrogens with one attached hydrogen (secondary N) is 1. The van der Waals surface area contributed by atoms with Crippen LogP contribution in [0.15, 0.2) is 21.6 Å². The molecule has 106 valence electrons. The summed E-state index contributed by atoms with van der Waals surface area (Å²) in [5.41, 5.74) is 0. The van der Waals surface area contributed by atoms with E-state index in [1.54, 1.807) is 0 Å². The summed E-state index contributed by atoms with van der Waals surface area (Å²) in [5, 5.41) is -0.219. The van der Waals surface area contributed by atoms with E-state index in [2.05, 4.69) is 9.62 Å². The number of hydrogen-bond acceptors (Lipinski definition) is 6. The molecular weight excluding hydrogens is 288 g/mol. The van der Waals surface area contributed by atoms with Crippen LogP contribution in [0, 0.1) is 0 Å². The molecule has 8 heteroatoms. The largest absolute Gasteiger partial charge is 0.440 e. The second-order valence-electron chi connectivity index (χ2n) is 4.13.